The van der Waals surface area contributed by atoms with Gasteiger partial charge >= 0.3 is 5.97 Å². The van der Waals surface area contributed by atoms with Crippen LogP contribution in [-0.4, -0.2) is 61.7 Å². The van der Waals surface area contributed by atoms with Gasteiger partial charge in [-0.2, -0.15) is 0 Å². The van der Waals surface area contributed by atoms with E-state index in [4.69, 9.17) is 5.11 Å². The van der Waals surface area contributed by atoms with E-state index in [1.165, 1.54) is 44.9 Å². The predicted octanol–water partition coefficient (Wildman–Crippen LogP) is 4.25. The molecule has 0 fully saturated rings. The highest BCUT2D eigenvalue weighted by atomic mass is 16.4. The molecule has 0 aliphatic carbocycles. The Bertz CT molecular complexity index is 602. The van der Waals surface area contributed by atoms with Crippen molar-refractivity contribution < 1.29 is 35.1 Å². The number of allylic oxidation sites excluding steroid dienone is 2. The van der Waals surface area contributed by atoms with E-state index in [0.29, 0.717) is 12.3 Å². The number of rotatable bonds is 20. The van der Waals surface area contributed by atoms with Gasteiger partial charge in [-0.15, -0.1) is 0 Å². The number of ketones is 1. The summed E-state index contributed by atoms with van der Waals surface area (Å²) < 4.78 is 0. The number of carbonyl (C=O) groups is 2. The van der Waals surface area contributed by atoms with Crippen LogP contribution in [-0.2, 0) is 9.59 Å². The summed E-state index contributed by atoms with van der Waals surface area (Å²) in [6, 6.07) is 0. The van der Waals surface area contributed by atoms with Gasteiger partial charge in [-0.05, 0) is 43.9 Å². The van der Waals surface area contributed by atoms with E-state index in [-0.39, 0.29) is 6.42 Å². The van der Waals surface area contributed by atoms with Crippen LogP contribution in [0, 0.1) is 17.8 Å². The molecule has 0 aromatic carbocycles. The zero-order chi connectivity index (χ0) is 26.3. The Balaban J connectivity index is 4.09. The van der Waals surface area contributed by atoms with Crippen molar-refractivity contribution in [3.63, 3.8) is 0 Å². The largest absolute Gasteiger partial charge is 0.479 e. The standard InChI is InChI=1S/C27H50O7/c1-18(2)10-6-11-19(3)12-7-13-20(4)14-8-15-21(5)16-9-17-22(28)23(29)24(30)25(31)26(32)27(33)34/h16,18-20,23-26,29-32H,6-15,17H2,1-5H3,(H,33,34)/t19?,20?,23?,24-,25+,26-/m0/s1. The summed E-state index contributed by atoms with van der Waals surface area (Å²) in [5.41, 5.74) is 1.16. The van der Waals surface area contributed by atoms with E-state index < -0.39 is 36.2 Å². The van der Waals surface area contributed by atoms with Gasteiger partial charge < -0.3 is 25.5 Å². The molecule has 200 valence electrons. The second-order valence-corrected chi connectivity index (χ2v) is 10.6. The van der Waals surface area contributed by atoms with Crippen molar-refractivity contribution in [2.45, 2.75) is 130 Å². The lowest BCUT2D eigenvalue weighted by Crippen LogP contribution is -2.50. The Morgan fingerprint density at radius 3 is 1.68 bits per heavy atom. The molecular formula is C27H50O7. The normalized spacial score (nSPS) is 17.8. The van der Waals surface area contributed by atoms with Gasteiger partial charge in [0.2, 0.25) is 0 Å². The van der Waals surface area contributed by atoms with Crippen LogP contribution in [0.4, 0.5) is 0 Å². The molecule has 7 heteroatoms. The molecule has 0 radical (unpaired) electrons. The van der Waals surface area contributed by atoms with E-state index in [2.05, 4.69) is 27.7 Å². The minimum atomic E-state index is -2.28. The van der Waals surface area contributed by atoms with E-state index >= 15 is 0 Å². The molecule has 0 rings (SSSR count). The lowest BCUT2D eigenvalue weighted by Gasteiger charge is -2.23. The van der Waals surface area contributed by atoms with E-state index in [9.17, 15) is 30.0 Å². The number of hydrogen-bond donors (Lipinski definition) is 5. The molecule has 0 aromatic rings. The predicted molar refractivity (Wildman–Crippen MR) is 134 cm³/mol. The number of aliphatic carboxylic acids is 1. The molecular weight excluding hydrogens is 436 g/mol. The van der Waals surface area contributed by atoms with Crippen molar-refractivity contribution in [3.8, 4) is 0 Å². The van der Waals surface area contributed by atoms with Crippen molar-refractivity contribution in [2.24, 2.45) is 17.8 Å². The summed E-state index contributed by atoms with van der Waals surface area (Å²) in [7, 11) is 0. The number of carboxylic acids is 1. The second kappa shape index (κ2) is 18.1. The minimum Gasteiger partial charge on any atom is -0.479 e. The fourth-order valence-electron chi connectivity index (χ4n) is 4.13. The highest BCUT2D eigenvalue weighted by Crippen LogP contribution is 2.22. The molecule has 0 saturated carbocycles. The Labute approximate surface area is 206 Å². The van der Waals surface area contributed by atoms with Gasteiger partial charge in [0.25, 0.3) is 0 Å². The quantitative estimate of drug-likeness (QED) is 0.162. The maximum atomic E-state index is 12.0. The van der Waals surface area contributed by atoms with Crippen molar-refractivity contribution in [3.05, 3.63) is 11.6 Å². The average Bonchev–Trinajstić information content (AvgIpc) is 2.76. The maximum absolute atomic E-state index is 12.0. The van der Waals surface area contributed by atoms with Crippen molar-refractivity contribution in [1.82, 2.24) is 0 Å². The third kappa shape index (κ3) is 14.9. The fraction of sp³-hybridized carbons (Fsp3) is 0.852. The van der Waals surface area contributed by atoms with Crippen LogP contribution in [0.25, 0.3) is 0 Å². The molecule has 0 saturated heterocycles. The zero-order valence-corrected chi connectivity index (χ0v) is 21.9. The van der Waals surface area contributed by atoms with Crippen LogP contribution >= 0.6 is 0 Å². The Morgan fingerprint density at radius 2 is 1.18 bits per heavy atom. The van der Waals surface area contributed by atoms with Gasteiger partial charge in [-0.1, -0.05) is 84.3 Å². The molecule has 3 unspecified atom stereocenters. The van der Waals surface area contributed by atoms with Crippen molar-refractivity contribution in [1.29, 1.82) is 0 Å². The molecule has 34 heavy (non-hydrogen) atoms. The number of aliphatic hydroxyl groups excluding tert-OH is 4. The first-order valence-electron chi connectivity index (χ1n) is 13.0. The first-order chi connectivity index (χ1) is 15.9. The number of Topliss-reactive ketones (excluding diaryl/α,β-unsaturated/α-hetero) is 1. The topological polar surface area (TPSA) is 135 Å². The minimum absolute atomic E-state index is 0.0444. The number of carbonyl (C=O) groups excluding carboxylic acids is 1. The number of carboxylic acid groups (broad SMARTS) is 1. The third-order valence-corrected chi connectivity index (χ3v) is 6.60. The lowest BCUT2D eigenvalue weighted by atomic mass is 9.91. The summed E-state index contributed by atoms with van der Waals surface area (Å²) >= 11 is 0. The van der Waals surface area contributed by atoms with Crippen molar-refractivity contribution >= 4 is 11.8 Å². The summed E-state index contributed by atoms with van der Waals surface area (Å²) in [4.78, 5) is 22.7. The fourth-order valence-corrected chi connectivity index (χ4v) is 4.13. The highest BCUT2D eigenvalue weighted by molar-refractivity contribution is 5.83. The smallest absolute Gasteiger partial charge is 0.335 e. The third-order valence-electron chi connectivity index (χ3n) is 6.60. The monoisotopic (exact) mass is 486 g/mol. The summed E-state index contributed by atoms with van der Waals surface area (Å²) in [5, 5.41) is 47.0. The average molecular weight is 487 g/mol. The summed E-state index contributed by atoms with van der Waals surface area (Å²) in [5.74, 6) is -0.152. The van der Waals surface area contributed by atoms with Crippen LogP contribution in [0.2, 0.25) is 0 Å². The van der Waals surface area contributed by atoms with Gasteiger partial charge in [0.05, 0.1) is 0 Å². The molecule has 5 N–H and O–H groups in total. The molecule has 0 amide bonds. The van der Waals surface area contributed by atoms with Crippen LogP contribution in [0.15, 0.2) is 11.6 Å². The lowest BCUT2D eigenvalue weighted by molar-refractivity contribution is -0.165. The molecule has 0 aliphatic rings. The molecule has 0 aliphatic heterocycles. The Kier molecular flexibility index (Phi) is 17.4. The number of hydrogen-bond acceptors (Lipinski definition) is 6. The first-order valence-corrected chi connectivity index (χ1v) is 13.0. The SMILES string of the molecule is CC(=CCCC(=O)C(O)[C@H](O)[C@@H](O)[C@H](O)C(=O)O)CCCC(C)CCCC(C)CCCC(C)C. The van der Waals surface area contributed by atoms with Gasteiger partial charge in [0.15, 0.2) is 11.9 Å². The summed E-state index contributed by atoms with van der Waals surface area (Å²) in [6.07, 6.45) is 4.88. The van der Waals surface area contributed by atoms with Gasteiger partial charge in [-0.25, -0.2) is 4.79 Å². The Morgan fingerprint density at radius 1 is 0.706 bits per heavy atom. The molecule has 0 bridgehead atoms. The van der Waals surface area contributed by atoms with E-state index in [1.807, 2.05) is 13.0 Å². The van der Waals surface area contributed by atoms with E-state index in [1.54, 1.807) is 0 Å². The molecule has 0 spiro atoms. The van der Waals surface area contributed by atoms with Crippen LogP contribution in [0.1, 0.15) is 105 Å². The van der Waals surface area contributed by atoms with Crippen LogP contribution in [0.3, 0.4) is 0 Å². The van der Waals surface area contributed by atoms with Gasteiger partial charge in [0, 0.05) is 6.42 Å². The summed E-state index contributed by atoms with van der Waals surface area (Å²) in [6.45, 7) is 11.2. The van der Waals surface area contributed by atoms with Crippen molar-refractivity contribution in [2.75, 3.05) is 0 Å². The second-order valence-electron chi connectivity index (χ2n) is 10.6. The molecule has 7 nitrogen and oxygen atoms in total. The Hall–Kier alpha value is -1.28. The first kappa shape index (κ1) is 32.7. The highest BCUT2D eigenvalue weighted by Gasteiger charge is 2.36. The molecule has 6 atom stereocenters. The van der Waals surface area contributed by atoms with E-state index in [0.717, 1.165) is 30.3 Å². The van der Waals surface area contributed by atoms with Crippen LogP contribution in [0.5, 0.6) is 0 Å². The zero-order valence-electron chi connectivity index (χ0n) is 21.9. The van der Waals surface area contributed by atoms with Gasteiger partial charge in [-0.3, -0.25) is 4.79 Å². The molecule has 0 heterocycles. The number of aliphatic hydroxyl groups is 4. The van der Waals surface area contributed by atoms with Crippen LogP contribution < -0.4 is 0 Å². The molecule has 0 aromatic heterocycles. The van der Waals surface area contributed by atoms with Gasteiger partial charge in [0.1, 0.15) is 18.3 Å². The maximum Gasteiger partial charge on any atom is 0.335 e.